The minimum Gasteiger partial charge on any atom is -0.310 e. The summed E-state index contributed by atoms with van der Waals surface area (Å²) in [4.78, 5) is 27.2. The summed E-state index contributed by atoms with van der Waals surface area (Å²) in [6, 6.07) is 8.60. The smallest absolute Gasteiger partial charge is 0.243 e. The molecule has 1 amide bonds. The zero-order valence-electron chi connectivity index (χ0n) is 13.6. The van der Waals surface area contributed by atoms with Crippen LogP contribution in [0.3, 0.4) is 0 Å². The number of hydrogen-bond donors (Lipinski definition) is 1. The van der Waals surface area contributed by atoms with Gasteiger partial charge < -0.3 is 5.32 Å². The van der Waals surface area contributed by atoms with Crippen molar-refractivity contribution in [3.05, 3.63) is 53.2 Å². The number of hydrogen-bond acceptors (Lipinski definition) is 5. The molecule has 1 aromatic carbocycles. The van der Waals surface area contributed by atoms with Crippen LogP contribution in [0.4, 0.5) is 5.82 Å². The molecule has 1 heterocycles. The van der Waals surface area contributed by atoms with Gasteiger partial charge in [0.15, 0.2) is 5.78 Å². The molecule has 1 N–H and O–H groups in total. The van der Waals surface area contributed by atoms with E-state index < -0.39 is 15.9 Å². The van der Waals surface area contributed by atoms with Crippen LogP contribution >= 0.6 is 11.6 Å². The van der Waals surface area contributed by atoms with Crippen LogP contribution in [0, 0.1) is 0 Å². The molecule has 9 heteroatoms. The topological polar surface area (TPSA) is 96.4 Å². The molecule has 7 nitrogen and oxygen atoms in total. The van der Waals surface area contributed by atoms with Gasteiger partial charge in [0.2, 0.25) is 15.9 Å². The quantitative estimate of drug-likeness (QED) is 0.774. The van der Waals surface area contributed by atoms with E-state index in [0.29, 0.717) is 10.6 Å². The Bertz CT molecular complexity index is 881. The number of benzene rings is 1. The highest BCUT2D eigenvalue weighted by Gasteiger charge is 2.23. The van der Waals surface area contributed by atoms with Crippen LogP contribution < -0.4 is 5.32 Å². The first-order valence-corrected chi connectivity index (χ1v) is 9.00. The van der Waals surface area contributed by atoms with E-state index in [1.807, 2.05) is 0 Å². The average molecular weight is 382 g/mol. The van der Waals surface area contributed by atoms with E-state index in [-0.39, 0.29) is 23.0 Å². The molecule has 2 aromatic rings. The molecule has 0 radical (unpaired) electrons. The molecule has 132 valence electrons. The lowest BCUT2D eigenvalue weighted by Crippen LogP contribution is -2.35. The zero-order chi connectivity index (χ0) is 18.6. The Morgan fingerprint density at radius 2 is 1.80 bits per heavy atom. The maximum atomic E-state index is 12.5. The minimum absolute atomic E-state index is 0.00239. The Hall–Kier alpha value is -2.29. The first kappa shape index (κ1) is 19.0. The normalized spacial score (nSPS) is 11.4. The Morgan fingerprint density at radius 1 is 1.16 bits per heavy atom. The fourth-order valence-corrected chi connectivity index (χ4v) is 3.20. The Labute approximate surface area is 150 Å². The van der Waals surface area contributed by atoms with Crippen molar-refractivity contribution in [3.8, 4) is 0 Å². The number of anilines is 1. The Balaban J connectivity index is 2.07. The summed E-state index contributed by atoms with van der Waals surface area (Å²) in [5.74, 6) is -0.431. The third-order valence-corrected chi connectivity index (χ3v) is 5.37. The fourth-order valence-electron chi connectivity index (χ4n) is 1.96. The number of halogens is 1. The summed E-state index contributed by atoms with van der Waals surface area (Å²) in [7, 11) is -2.56. The number of likely N-dealkylation sites (N-methyl/N-ethyl adjacent to an activating group) is 1. The van der Waals surface area contributed by atoms with Crippen molar-refractivity contribution in [2.75, 3.05) is 18.9 Å². The third-order valence-electron chi connectivity index (χ3n) is 3.33. The highest BCUT2D eigenvalue weighted by atomic mass is 35.5. The lowest BCUT2D eigenvalue weighted by molar-refractivity contribution is -0.116. The molecular formula is C16H16ClN3O4S. The summed E-state index contributed by atoms with van der Waals surface area (Å²) >= 11 is 5.71. The van der Waals surface area contributed by atoms with E-state index >= 15 is 0 Å². The predicted octanol–water partition coefficient (Wildman–Crippen LogP) is 2.20. The van der Waals surface area contributed by atoms with E-state index in [2.05, 4.69) is 10.3 Å². The first-order valence-electron chi connectivity index (χ1n) is 7.19. The Morgan fingerprint density at radius 3 is 2.32 bits per heavy atom. The molecule has 0 unspecified atom stereocenters. The summed E-state index contributed by atoms with van der Waals surface area (Å²) in [5.41, 5.74) is 0.410. The maximum absolute atomic E-state index is 12.5. The van der Waals surface area contributed by atoms with Crippen LogP contribution in [0.15, 0.2) is 47.5 Å². The van der Waals surface area contributed by atoms with Gasteiger partial charge in [-0.3, -0.25) is 9.59 Å². The Kier molecular flexibility index (Phi) is 5.89. The van der Waals surface area contributed by atoms with Crippen molar-refractivity contribution in [1.29, 1.82) is 0 Å². The van der Waals surface area contributed by atoms with Gasteiger partial charge in [0.05, 0.1) is 16.5 Å². The lowest BCUT2D eigenvalue weighted by atomic mass is 10.2. The van der Waals surface area contributed by atoms with E-state index in [0.717, 1.165) is 4.31 Å². The lowest BCUT2D eigenvalue weighted by Gasteiger charge is -2.17. The third kappa shape index (κ3) is 4.85. The largest absolute Gasteiger partial charge is 0.310 e. The highest BCUT2D eigenvalue weighted by molar-refractivity contribution is 7.89. The number of Topliss-reactive ketones (excluding diaryl/α,β-unsaturated/α-hetero) is 1. The van der Waals surface area contributed by atoms with Crippen LogP contribution in [0.1, 0.15) is 17.3 Å². The van der Waals surface area contributed by atoms with Crippen molar-refractivity contribution in [2.24, 2.45) is 0 Å². The molecule has 1 aromatic heterocycles. The van der Waals surface area contributed by atoms with Crippen LogP contribution in [0.25, 0.3) is 0 Å². The average Bonchev–Trinajstić information content (AvgIpc) is 2.57. The monoisotopic (exact) mass is 381 g/mol. The van der Waals surface area contributed by atoms with Crippen LogP contribution in [0.5, 0.6) is 0 Å². The van der Waals surface area contributed by atoms with Crippen LogP contribution in [-0.4, -0.2) is 43.0 Å². The minimum atomic E-state index is -3.86. The first-order chi connectivity index (χ1) is 11.7. The number of amides is 1. The van der Waals surface area contributed by atoms with Crippen molar-refractivity contribution < 1.29 is 18.0 Å². The van der Waals surface area contributed by atoms with Gasteiger partial charge in [-0.1, -0.05) is 23.7 Å². The van der Waals surface area contributed by atoms with E-state index in [1.165, 1.54) is 50.5 Å². The molecule has 0 aliphatic rings. The van der Waals surface area contributed by atoms with Gasteiger partial charge in [0.25, 0.3) is 0 Å². The molecule has 25 heavy (non-hydrogen) atoms. The number of ketones is 1. The summed E-state index contributed by atoms with van der Waals surface area (Å²) in [6.45, 7) is 1.01. The van der Waals surface area contributed by atoms with Crippen LogP contribution in [0.2, 0.25) is 5.02 Å². The number of nitrogens with zero attached hydrogens (tertiary/aromatic N) is 2. The molecular weight excluding hydrogens is 366 g/mol. The molecule has 2 rings (SSSR count). The molecule has 0 bridgehead atoms. The molecule has 0 saturated carbocycles. The number of carbonyl (C=O) groups excluding carboxylic acids is 2. The van der Waals surface area contributed by atoms with E-state index in [1.54, 1.807) is 6.07 Å². The summed E-state index contributed by atoms with van der Waals surface area (Å²) in [6.07, 6.45) is 1.37. The van der Waals surface area contributed by atoms with Gasteiger partial charge in [0, 0.05) is 18.8 Å². The molecule has 0 aliphatic heterocycles. The van der Waals surface area contributed by atoms with Gasteiger partial charge >= 0.3 is 0 Å². The number of pyridine rings is 1. The summed E-state index contributed by atoms with van der Waals surface area (Å²) in [5, 5.41) is 2.91. The number of rotatable bonds is 6. The van der Waals surface area contributed by atoms with Crippen molar-refractivity contribution in [3.63, 3.8) is 0 Å². The van der Waals surface area contributed by atoms with Gasteiger partial charge in [-0.25, -0.2) is 13.4 Å². The molecule has 0 spiro atoms. The fraction of sp³-hybridized carbons (Fsp3) is 0.188. The highest BCUT2D eigenvalue weighted by Crippen LogP contribution is 2.16. The second-order valence-electron chi connectivity index (χ2n) is 5.25. The predicted molar refractivity (Wildman–Crippen MR) is 94.1 cm³/mol. The van der Waals surface area contributed by atoms with Crippen LogP contribution in [-0.2, 0) is 14.8 Å². The van der Waals surface area contributed by atoms with Crippen molar-refractivity contribution in [1.82, 2.24) is 9.29 Å². The van der Waals surface area contributed by atoms with Gasteiger partial charge in [0.1, 0.15) is 5.82 Å². The molecule has 0 saturated heterocycles. The SMILES string of the molecule is CC(=O)c1ccc(S(=O)(=O)N(C)CC(=O)Nc2ccc(Cl)cn2)cc1. The number of aromatic nitrogens is 1. The van der Waals surface area contributed by atoms with Crippen molar-refractivity contribution >= 4 is 39.1 Å². The van der Waals surface area contributed by atoms with Gasteiger partial charge in [-0.05, 0) is 31.2 Å². The van der Waals surface area contributed by atoms with E-state index in [9.17, 15) is 18.0 Å². The number of sulfonamides is 1. The molecule has 0 atom stereocenters. The van der Waals surface area contributed by atoms with Crippen molar-refractivity contribution in [2.45, 2.75) is 11.8 Å². The second-order valence-corrected chi connectivity index (χ2v) is 7.73. The van der Waals surface area contributed by atoms with Gasteiger partial charge in [-0.2, -0.15) is 4.31 Å². The number of carbonyl (C=O) groups is 2. The molecule has 0 aliphatic carbocycles. The standard InChI is InChI=1S/C16H16ClN3O4S/c1-11(21)12-3-6-14(7-4-12)25(23,24)20(2)10-16(22)19-15-8-5-13(17)9-18-15/h3-9H,10H2,1-2H3,(H,18,19,22). The van der Waals surface area contributed by atoms with E-state index in [4.69, 9.17) is 11.6 Å². The summed E-state index contributed by atoms with van der Waals surface area (Å²) < 4.78 is 25.9. The number of nitrogens with one attached hydrogen (secondary N) is 1. The second kappa shape index (κ2) is 7.73. The maximum Gasteiger partial charge on any atom is 0.243 e. The van der Waals surface area contributed by atoms with Gasteiger partial charge in [-0.15, -0.1) is 0 Å². The zero-order valence-corrected chi connectivity index (χ0v) is 15.1. The molecule has 0 fully saturated rings.